The Morgan fingerprint density at radius 2 is 1.74 bits per heavy atom. The van der Waals surface area contributed by atoms with Gasteiger partial charge in [0.1, 0.15) is 11.6 Å². The first kappa shape index (κ1) is 18.9. The highest BCUT2D eigenvalue weighted by Crippen LogP contribution is 2.15. The van der Waals surface area contributed by atoms with E-state index >= 15 is 0 Å². The fourth-order valence-corrected chi connectivity index (χ4v) is 2.98. The molecule has 1 aromatic heterocycles. The lowest BCUT2D eigenvalue weighted by Gasteiger charge is -2.36. The molecule has 0 saturated carbocycles. The van der Waals surface area contributed by atoms with Crippen molar-refractivity contribution < 1.29 is 13.9 Å². The molecule has 1 aromatic carbocycles. The average molecular weight is 372 g/mol. The summed E-state index contributed by atoms with van der Waals surface area (Å²) in [5.41, 5.74) is 1.14. The Kier molecular flexibility index (Phi) is 6.84. The summed E-state index contributed by atoms with van der Waals surface area (Å²) >= 11 is 0. The second kappa shape index (κ2) is 9.75. The van der Waals surface area contributed by atoms with Crippen molar-refractivity contribution in [2.45, 2.75) is 12.8 Å². The molecule has 1 aliphatic rings. The Morgan fingerprint density at radius 1 is 1.04 bits per heavy atom. The molecule has 0 atom stereocenters. The minimum Gasteiger partial charge on any atom is -0.494 e. The fourth-order valence-electron chi connectivity index (χ4n) is 2.98. The lowest BCUT2D eigenvalue weighted by Crippen LogP contribution is -2.52. The van der Waals surface area contributed by atoms with Crippen LogP contribution in [0.25, 0.3) is 0 Å². The number of ether oxygens (including phenoxy) is 1. The largest absolute Gasteiger partial charge is 0.494 e. The van der Waals surface area contributed by atoms with E-state index in [1.807, 2.05) is 17.0 Å². The second-order valence-electron chi connectivity index (χ2n) is 6.42. The van der Waals surface area contributed by atoms with Gasteiger partial charge in [0, 0.05) is 50.8 Å². The van der Waals surface area contributed by atoms with E-state index in [1.54, 1.807) is 24.5 Å². The van der Waals surface area contributed by atoms with E-state index in [1.165, 1.54) is 12.1 Å². The maximum atomic E-state index is 12.8. The van der Waals surface area contributed by atoms with Gasteiger partial charge in [-0.05, 0) is 49.2 Å². The highest BCUT2D eigenvalue weighted by Gasteiger charge is 2.20. The summed E-state index contributed by atoms with van der Waals surface area (Å²) in [5, 5.41) is 2.97. The molecular weight excluding hydrogens is 347 g/mol. The van der Waals surface area contributed by atoms with Gasteiger partial charge in [0.05, 0.1) is 6.61 Å². The summed E-state index contributed by atoms with van der Waals surface area (Å²) in [6.45, 7) is 4.23. The number of hydrogen-bond donors (Lipinski definition) is 1. The summed E-state index contributed by atoms with van der Waals surface area (Å²) in [6, 6.07) is 9.95. The third kappa shape index (κ3) is 5.84. The predicted molar refractivity (Wildman–Crippen MR) is 103 cm³/mol. The number of aromatic nitrogens is 1. The van der Waals surface area contributed by atoms with Crippen molar-refractivity contribution in [2.75, 3.05) is 44.2 Å². The molecule has 3 rings (SSSR count). The number of benzene rings is 1. The van der Waals surface area contributed by atoms with E-state index in [2.05, 4.69) is 15.2 Å². The Morgan fingerprint density at radius 3 is 2.44 bits per heavy atom. The number of carbonyl (C=O) groups excluding carboxylic acids is 1. The summed E-state index contributed by atoms with van der Waals surface area (Å²) in [5.74, 6) is 0.388. The molecule has 0 radical (unpaired) electrons. The minimum absolute atomic E-state index is 0.0103. The van der Waals surface area contributed by atoms with E-state index in [4.69, 9.17) is 4.74 Å². The molecule has 1 fully saturated rings. The van der Waals surface area contributed by atoms with Gasteiger partial charge in [0.25, 0.3) is 0 Å². The van der Waals surface area contributed by atoms with Gasteiger partial charge >= 0.3 is 6.03 Å². The molecule has 0 spiro atoms. The van der Waals surface area contributed by atoms with Crippen molar-refractivity contribution in [3.05, 3.63) is 54.6 Å². The molecule has 1 aliphatic heterocycles. The van der Waals surface area contributed by atoms with Crippen LogP contribution in [0.15, 0.2) is 48.8 Å². The van der Waals surface area contributed by atoms with E-state index in [0.29, 0.717) is 32.0 Å². The number of nitrogens with zero attached hydrogens (tertiary/aromatic N) is 3. The summed E-state index contributed by atoms with van der Waals surface area (Å²) in [7, 11) is 0. The van der Waals surface area contributed by atoms with Crippen LogP contribution in [-0.2, 0) is 0 Å². The summed E-state index contributed by atoms with van der Waals surface area (Å²) < 4.78 is 18.3. The highest BCUT2D eigenvalue weighted by atomic mass is 19.1. The SMILES string of the molecule is O=C(NCCCCOc1ccc(F)cc1)N1CCN(c2ccncc2)CC1. The van der Waals surface area contributed by atoms with Crippen LogP contribution in [0, 0.1) is 5.82 Å². The third-order valence-electron chi connectivity index (χ3n) is 4.52. The first-order valence-corrected chi connectivity index (χ1v) is 9.28. The highest BCUT2D eigenvalue weighted by molar-refractivity contribution is 5.74. The number of carbonyl (C=O) groups is 1. The number of amides is 2. The number of anilines is 1. The Hall–Kier alpha value is -2.83. The van der Waals surface area contributed by atoms with Gasteiger partial charge in [0.15, 0.2) is 0 Å². The van der Waals surface area contributed by atoms with E-state index in [-0.39, 0.29) is 11.8 Å². The zero-order chi connectivity index (χ0) is 18.9. The zero-order valence-electron chi connectivity index (χ0n) is 15.3. The van der Waals surface area contributed by atoms with E-state index < -0.39 is 0 Å². The lowest BCUT2D eigenvalue weighted by atomic mass is 10.2. The Labute approximate surface area is 158 Å². The summed E-state index contributed by atoms with van der Waals surface area (Å²) in [4.78, 5) is 20.4. The lowest BCUT2D eigenvalue weighted by molar-refractivity contribution is 0.194. The van der Waals surface area contributed by atoms with Crippen LogP contribution in [0.2, 0.25) is 0 Å². The number of hydrogen-bond acceptors (Lipinski definition) is 4. The quantitative estimate of drug-likeness (QED) is 0.760. The van der Waals surface area contributed by atoms with Crippen LogP contribution in [0.1, 0.15) is 12.8 Å². The van der Waals surface area contributed by atoms with Gasteiger partial charge in [-0.25, -0.2) is 9.18 Å². The standard InChI is InChI=1S/C20H25FN4O2/c21-17-3-5-19(6-4-17)27-16-2-1-9-23-20(26)25-14-12-24(13-15-25)18-7-10-22-11-8-18/h3-8,10-11H,1-2,9,12-16H2,(H,23,26). The summed E-state index contributed by atoms with van der Waals surface area (Å²) in [6.07, 6.45) is 5.24. The number of nitrogens with one attached hydrogen (secondary N) is 1. The van der Waals surface area contributed by atoms with Gasteiger partial charge in [-0.15, -0.1) is 0 Å². The molecule has 7 heteroatoms. The van der Waals surface area contributed by atoms with Crippen LogP contribution in [0.5, 0.6) is 5.75 Å². The molecule has 27 heavy (non-hydrogen) atoms. The first-order valence-electron chi connectivity index (χ1n) is 9.28. The molecule has 2 amide bonds. The topological polar surface area (TPSA) is 57.7 Å². The maximum absolute atomic E-state index is 12.8. The van der Waals surface area contributed by atoms with Crippen molar-refractivity contribution in [2.24, 2.45) is 0 Å². The third-order valence-corrected chi connectivity index (χ3v) is 4.52. The van der Waals surface area contributed by atoms with Crippen molar-refractivity contribution >= 4 is 11.7 Å². The van der Waals surface area contributed by atoms with Gasteiger partial charge in [-0.1, -0.05) is 0 Å². The number of halogens is 1. The molecule has 0 bridgehead atoms. The molecule has 144 valence electrons. The van der Waals surface area contributed by atoms with Crippen LogP contribution in [-0.4, -0.2) is 55.2 Å². The zero-order valence-corrected chi connectivity index (χ0v) is 15.3. The number of pyridine rings is 1. The minimum atomic E-state index is -0.272. The number of unbranched alkanes of at least 4 members (excludes halogenated alkanes) is 1. The van der Waals surface area contributed by atoms with Crippen LogP contribution >= 0.6 is 0 Å². The second-order valence-corrected chi connectivity index (χ2v) is 6.42. The van der Waals surface area contributed by atoms with Gasteiger partial charge < -0.3 is 19.9 Å². The Balaban J connectivity index is 1.27. The smallest absolute Gasteiger partial charge is 0.317 e. The van der Waals surface area contributed by atoms with Crippen molar-refractivity contribution in [1.82, 2.24) is 15.2 Å². The van der Waals surface area contributed by atoms with Crippen LogP contribution in [0.4, 0.5) is 14.9 Å². The van der Waals surface area contributed by atoms with E-state index in [9.17, 15) is 9.18 Å². The molecule has 1 N–H and O–H groups in total. The molecule has 2 aromatic rings. The maximum Gasteiger partial charge on any atom is 0.317 e. The van der Waals surface area contributed by atoms with Crippen molar-refractivity contribution in [3.8, 4) is 5.75 Å². The predicted octanol–water partition coefficient (Wildman–Crippen LogP) is 2.91. The first-order chi connectivity index (χ1) is 13.2. The van der Waals surface area contributed by atoms with Crippen molar-refractivity contribution in [1.29, 1.82) is 0 Å². The molecule has 1 saturated heterocycles. The fraction of sp³-hybridized carbons (Fsp3) is 0.400. The molecular formula is C20H25FN4O2. The average Bonchev–Trinajstić information content (AvgIpc) is 2.72. The molecule has 0 unspecified atom stereocenters. The molecule has 6 nitrogen and oxygen atoms in total. The van der Waals surface area contributed by atoms with Gasteiger partial charge in [-0.3, -0.25) is 4.98 Å². The number of piperazine rings is 1. The molecule has 2 heterocycles. The Bertz CT molecular complexity index is 704. The van der Waals surface area contributed by atoms with Crippen LogP contribution < -0.4 is 15.0 Å². The monoisotopic (exact) mass is 372 g/mol. The van der Waals surface area contributed by atoms with Crippen molar-refractivity contribution in [3.63, 3.8) is 0 Å². The van der Waals surface area contributed by atoms with Gasteiger partial charge in [0.2, 0.25) is 0 Å². The van der Waals surface area contributed by atoms with E-state index in [0.717, 1.165) is 31.6 Å². The normalized spacial score (nSPS) is 14.1. The van der Waals surface area contributed by atoms with Crippen LogP contribution in [0.3, 0.4) is 0 Å². The number of urea groups is 1. The van der Waals surface area contributed by atoms with Gasteiger partial charge in [-0.2, -0.15) is 0 Å². The number of rotatable bonds is 7. The molecule has 0 aliphatic carbocycles.